The minimum absolute atomic E-state index is 0. The van der Waals surface area contributed by atoms with Gasteiger partial charge in [0.25, 0.3) is 10.1 Å². The third-order valence-electron chi connectivity index (χ3n) is 12.4. The highest BCUT2D eigenvalue weighted by molar-refractivity contribution is 7.85. The molecule has 8 aliphatic rings. The van der Waals surface area contributed by atoms with Crippen molar-refractivity contribution in [2.24, 2.45) is 17.8 Å². The molecule has 10 atom stereocenters. The van der Waals surface area contributed by atoms with Crippen LogP contribution in [0.1, 0.15) is 78.6 Å². The summed E-state index contributed by atoms with van der Waals surface area (Å²) in [4.78, 5) is 14.1. The smallest absolute Gasteiger partial charge is 0.261 e. The molecule has 11 nitrogen and oxygen atoms in total. The van der Waals surface area contributed by atoms with Gasteiger partial charge in [0, 0.05) is 49.7 Å². The third-order valence-corrected chi connectivity index (χ3v) is 12.4. The summed E-state index contributed by atoms with van der Waals surface area (Å²) in [7, 11) is 0.960. The number of fused-ring (bicyclic) bond motifs is 7. The number of benzene rings is 2. The number of morpholine rings is 1. The summed E-state index contributed by atoms with van der Waals surface area (Å²) in [6, 6.07) is 16.7. The van der Waals surface area contributed by atoms with E-state index in [0.717, 1.165) is 77.3 Å². The van der Waals surface area contributed by atoms with Crippen LogP contribution >= 0.6 is 0 Å². The lowest BCUT2D eigenvalue weighted by Crippen LogP contribution is -2.70. The van der Waals surface area contributed by atoms with Crippen LogP contribution in [0.15, 0.2) is 73.6 Å². The number of aliphatic hydroxyl groups excluding tert-OH is 1. The van der Waals surface area contributed by atoms with Gasteiger partial charge in [-0.15, -0.1) is 6.58 Å². The van der Waals surface area contributed by atoms with Crippen molar-refractivity contribution in [2.75, 3.05) is 46.7 Å². The summed E-state index contributed by atoms with van der Waals surface area (Å²) in [5, 5.41) is 13.3. The molecule has 0 spiro atoms. The molecule has 8 aliphatic heterocycles. The molecule has 10 heterocycles. The van der Waals surface area contributed by atoms with Gasteiger partial charge in [-0.25, -0.2) is 0 Å². The lowest BCUT2D eigenvalue weighted by Gasteiger charge is -2.64. The maximum absolute atomic E-state index is 11.2. The first kappa shape index (κ1) is 41.0. The average Bonchev–Trinajstić information content (AvgIpc) is 3.22. The normalized spacial score (nSPS) is 30.6. The van der Waals surface area contributed by atoms with Crippen LogP contribution in [0.5, 0.6) is 11.5 Å². The van der Waals surface area contributed by atoms with Crippen molar-refractivity contribution < 1.29 is 33.7 Å². The molecule has 12 heteroatoms. The highest BCUT2D eigenvalue weighted by Crippen LogP contribution is 2.55. The molecule has 8 fully saturated rings. The summed E-state index contributed by atoms with van der Waals surface area (Å²) < 4.78 is 49.2. The number of piperidine rings is 6. The Morgan fingerprint density at radius 2 is 1.62 bits per heavy atom. The Bertz CT molecular complexity index is 2060. The van der Waals surface area contributed by atoms with Crippen molar-refractivity contribution in [3.8, 4) is 11.5 Å². The molecule has 55 heavy (non-hydrogen) atoms. The van der Waals surface area contributed by atoms with E-state index in [0.29, 0.717) is 24.1 Å². The Labute approximate surface area is 328 Å². The predicted molar refractivity (Wildman–Crippen MR) is 219 cm³/mol. The fourth-order valence-corrected chi connectivity index (χ4v) is 9.69. The SMILES string of the molecule is C.C=CC1CN2CCC1CC2[C@@H](O)c1ccnc2ccc(OC)cc12.CCC12CN3CCC1CC3[C@H](c1ccnc3ccc(OC)cc13)O2.CS(=O)(=O)O.[2H]C. The molecule has 4 aromatic rings. The second-order valence-corrected chi connectivity index (χ2v) is 16.7. The molecular weight excluding hydrogens is 717 g/mol. The fourth-order valence-electron chi connectivity index (χ4n) is 9.69. The molecule has 8 unspecified atom stereocenters. The van der Waals surface area contributed by atoms with E-state index in [1.807, 2.05) is 42.6 Å². The van der Waals surface area contributed by atoms with E-state index in [1.165, 1.54) is 38.8 Å². The van der Waals surface area contributed by atoms with Gasteiger partial charge in [0.2, 0.25) is 0 Å². The number of methoxy groups -OCH3 is 2. The summed E-state index contributed by atoms with van der Waals surface area (Å²) in [6.07, 6.45) is 12.1. The second kappa shape index (κ2) is 17.2. The van der Waals surface area contributed by atoms with E-state index >= 15 is 0 Å². The van der Waals surface area contributed by atoms with Crippen molar-refractivity contribution in [1.82, 2.24) is 19.8 Å². The summed E-state index contributed by atoms with van der Waals surface area (Å²) in [6.45, 7) is 10.7. The standard InChI is InChI=1S/2C20H24N2O2.CH4O3S.2CH4/c1-3-20-12-22-9-7-13(20)10-18(22)19(24-20)15-6-8-21-17-5-4-14(23-2)11-16(15)17;1-3-13-12-22-9-7-14(13)10-19(22)20(23)16-6-8-21-18-5-4-15(24-2)11-17(16)18;1-5(2,3)4;;/h4-6,8,11,13,18-19H,3,7,9-10,12H2,1-2H3;3-6,8,11,13-14,19-20,23H,1,7,9-10,12H2,2H3;1H3,(H,2,3,4);2*1H4/t13?,18?,19-,20?;13?,14?,19?,20-;;;/m00.../s1/i;;;1D;. The molecule has 300 valence electrons. The van der Waals surface area contributed by atoms with Gasteiger partial charge >= 0.3 is 0 Å². The van der Waals surface area contributed by atoms with Gasteiger partial charge in [-0.2, -0.15) is 8.42 Å². The molecule has 0 saturated carbocycles. The first-order valence-corrected chi connectivity index (χ1v) is 20.5. The molecule has 2 aromatic carbocycles. The fraction of sp³-hybridized carbons (Fsp3) is 0.535. The molecule has 6 bridgehead atoms. The van der Waals surface area contributed by atoms with E-state index in [4.69, 9.17) is 20.1 Å². The number of ether oxygens (including phenoxy) is 3. The molecule has 0 aliphatic carbocycles. The quantitative estimate of drug-likeness (QED) is 0.143. The Morgan fingerprint density at radius 1 is 1.00 bits per heavy atom. The summed E-state index contributed by atoms with van der Waals surface area (Å²) in [5.41, 5.74) is 4.18. The van der Waals surface area contributed by atoms with Crippen molar-refractivity contribution in [3.63, 3.8) is 0 Å². The van der Waals surface area contributed by atoms with Gasteiger partial charge in [0.1, 0.15) is 11.5 Å². The highest BCUT2D eigenvalue weighted by atomic mass is 32.2. The van der Waals surface area contributed by atoms with Crippen molar-refractivity contribution >= 4 is 31.9 Å². The number of pyridine rings is 2. The maximum Gasteiger partial charge on any atom is 0.261 e. The molecule has 2 aromatic heterocycles. The van der Waals surface area contributed by atoms with Crippen LogP contribution in [0.25, 0.3) is 21.8 Å². The van der Waals surface area contributed by atoms with Crippen LogP contribution in [0, 0.1) is 17.8 Å². The van der Waals surface area contributed by atoms with Crippen LogP contribution < -0.4 is 9.47 Å². The van der Waals surface area contributed by atoms with E-state index in [1.54, 1.807) is 20.4 Å². The van der Waals surface area contributed by atoms with Crippen molar-refractivity contribution in [3.05, 3.63) is 84.7 Å². The zero-order valence-corrected chi connectivity index (χ0v) is 32.9. The Balaban J connectivity index is 0.000000182. The molecule has 8 saturated heterocycles. The topological polar surface area (TPSA) is 135 Å². The lowest BCUT2D eigenvalue weighted by atomic mass is 9.66. The van der Waals surface area contributed by atoms with Gasteiger partial charge in [-0.05, 0) is 123 Å². The highest BCUT2D eigenvalue weighted by Gasteiger charge is 2.58. The zero-order valence-electron chi connectivity index (χ0n) is 33.1. The van der Waals surface area contributed by atoms with Gasteiger partial charge in [-0.3, -0.25) is 24.3 Å². The summed E-state index contributed by atoms with van der Waals surface area (Å²) in [5.74, 6) is 3.62. The Hall–Kier alpha value is -3.65. The third kappa shape index (κ3) is 8.55. The van der Waals surface area contributed by atoms with Crippen LogP contribution in [-0.2, 0) is 14.9 Å². The number of aromatic nitrogens is 2. The zero-order chi connectivity index (χ0) is 39.5. The maximum atomic E-state index is 11.2. The number of aliphatic hydroxyl groups is 1. The Morgan fingerprint density at radius 3 is 2.18 bits per heavy atom. The lowest BCUT2D eigenvalue weighted by molar-refractivity contribution is -0.274. The molecule has 12 rings (SSSR count). The minimum atomic E-state index is -3.67. The van der Waals surface area contributed by atoms with E-state index in [2.05, 4.69) is 51.5 Å². The number of nitrogens with zero attached hydrogens (tertiary/aromatic N) is 4. The number of rotatable bonds is 7. The van der Waals surface area contributed by atoms with Crippen LogP contribution in [0.4, 0.5) is 0 Å². The van der Waals surface area contributed by atoms with Gasteiger partial charge in [0.15, 0.2) is 0 Å². The van der Waals surface area contributed by atoms with Gasteiger partial charge in [0.05, 0.1) is 49.3 Å². The van der Waals surface area contributed by atoms with E-state index < -0.39 is 16.2 Å². The molecule has 0 radical (unpaired) electrons. The van der Waals surface area contributed by atoms with Gasteiger partial charge in [-0.1, -0.05) is 27.8 Å². The molecule has 0 amide bonds. The van der Waals surface area contributed by atoms with E-state index in [9.17, 15) is 13.5 Å². The predicted octanol–water partition coefficient (Wildman–Crippen LogP) is 7.51. The monoisotopic (exact) mass is 777 g/mol. The van der Waals surface area contributed by atoms with Crippen LogP contribution in [0.3, 0.4) is 0 Å². The van der Waals surface area contributed by atoms with Crippen molar-refractivity contribution in [2.45, 2.75) is 83.7 Å². The van der Waals surface area contributed by atoms with Crippen molar-refractivity contribution in [1.29, 1.82) is 0 Å². The first-order chi connectivity index (χ1) is 26.4. The summed E-state index contributed by atoms with van der Waals surface area (Å²) >= 11 is 0. The van der Waals surface area contributed by atoms with E-state index in [-0.39, 0.29) is 25.2 Å². The number of hydrogen-bond donors (Lipinski definition) is 2. The molecule has 2 N–H and O–H groups in total. The van der Waals surface area contributed by atoms with Gasteiger partial charge < -0.3 is 19.3 Å². The first-order valence-electron chi connectivity index (χ1n) is 19.7. The minimum Gasteiger partial charge on any atom is -0.497 e. The molecular formula is C43H60N4O7S. The number of hydrogen-bond acceptors (Lipinski definition) is 10. The largest absolute Gasteiger partial charge is 0.497 e. The average molecular weight is 778 g/mol. The second-order valence-electron chi connectivity index (χ2n) is 15.2. The van der Waals surface area contributed by atoms with Crippen LogP contribution in [0.2, 0.25) is 0 Å². The Kier molecular flexibility index (Phi) is 12.8. The van der Waals surface area contributed by atoms with Crippen LogP contribution in [-0.4, -0.2) is 102 Å².